The van der Waals surface area contributed by atoms with Crippen molar-refractivity contribution in [2.75, 3.05) is 0 Å². The van der Waals surface area contributed by atoms with Crippen LogP contribution < -0.4 is 10.6 Å². The van der Waals surface area contributed by atoms with Crippen molar-refractivity contribution < 1.29 is 18.0 Å². The van der Waals surface area contributed by atoms with E-state index in [0.29, 0.717) is 0 Å². The normalized spacial score (nSPS) is 20.4. The summed E-state index contributed by atoms with van der Waals surface area (Å²) in [5, 5.41) is 2.39. The van der Waals surface area contributed by atoms with E-state index < -0.39 is 27.1 Å². The zero-order chi connectivity index (χ0) is 11.8. The minimum Gasteiger partial charge on any atom is -0.313 e. The zero-order valence-electron chi connectivity index (χ0n) is 8.01. The van der Waals surface area contributed by atoms with E-state index in [1.807, 2.05) is 5.32 Å². The first-order valence-corrected chi connectivity index (χ1v) is 5.97. The Labute approximate surface area is 91.6 Å². The molecule has 1 atom stereocenters. The molecule has 6 nitrogen and oxygen atoms in total. The molecular weight excluding hydrogens is 232 g/mol. The van der Waals surface area contributed by atoms with Gasteiger partial charge in [-0.25, -0.2) is 13.2 Å². The van der Waals surface area contributed by atoms with Crippen LogP contribution >= 0.6 is 0 Å². The van der Waals surface area contributed by atoms with Crippen LogP contribution in [0.3, 0.4) is 0 Å². The molecule has 84 valence electrons. The van der Waals surface area contributed by atoms with Crippen LogP contribution in [0.2, 0.25) is 0 Å². The van der Waals surface area contributed by atoms with Crippen molar-refractivity contribution in [3.63, 3.8) is 0 Å². The van der Waals surface area contributed by atoms with Crippen LogP contribution in [0.25, 0.3) is 0 Å². The number of imide groups is 1. The molecule has 3 amide bonds. The lowest BCUT2D eigenvalue weighted by molar-refractivity contribution is -0.118. The zero-order valence-corrected chi connectivity index (χ0v) is 8.82. The predicted molar refractivity (Wildman–Crippen MR) is 54.1 cm³/mol. The van der Waals surface area contributed by atoms with Gasteiger partial charge >= 0.3 is 6.03 Å². The number of rotatable bonds is 2. The van der Waals surface area contributed by atoms with Gasteiger partial charge in [0.25, 0.3) is 5.91 Å². The summed E-state index contributed by atoms with van der Waals surface area (Å²) < 4.78 is 23.8. The van der Waals surface area contributed by atoms with Gasteiger partial charge in [0, 0.05) is 0 Å². The molecule has 1 aromatic rings. The molecule has 1 aliphatic rings. The molecule has 0 spiro atoms. The third-order valence-corrected chi connectivity index (χ3v) is 4.00. The van der Waals surface area contributed by atoms with Gasteiger partial charge in [-0.1, -0.05) is 18.2 Å². The maximum Gasteiger partial charge on any atom is 0.322 e. The Bertz CT molecular complexity index is 538. The molecule has 0 bridgehead atoms. The van der Waals surface area contributed by atoms with Gasteiger partial charge in [-0.05, 0) is 12.1 Å². The van der Waals surface area contributed by atoms with Gasteiger partial charge in [0.2, 0.25) is 15.2 Å². The second-order valence-electron chi connectivity index (χ2n) is 3.20. The molecule has 0 saturated carbocycles. The number of carbonyl (C=O) groups is 2. The van der Waals surface area contributed by atoms with Crippen molar-refractivity contribution in [1.82, 2.24) is 10.6 Å². The first-order chi connectivity index (χ1) is 7.51. The van der Waals surface area contributed by atoms with Gasteiger partial charge < -0.3 is 5.32 Å². The number of carbonyl (C=O) groups excluding carboxylic acids is 2. The van der Waals surface area contributed by atoms with Crippen LogP contribution in [0.15, 0.2) is 35.2 Å². The summed E-state index contributed by atoms with van der Waals surface area (Å²) in [6.45, 7) is 0. The van der Waals surface area contributed by atoms with Gasteiger partial charge in [-0.2, -0.15) is 0 Å². The maximum absolute atomic E-state index is 11.9. The number of amides is 3. The van der Waals surface area contributed by atoms with Crippen molar-refractivity contribution in [3.8, 4) is 0 Å². The molecule has 16 heavy (non-hydrogen) atoms. The van der Waals surface area contributed by atoms with Crippen LogP contribution in [0.1, 0.15) is 0 Å². The van der Waals surface area contributed by atoms with Gasteiger partial charge in [-0.3, -0.25) is 10.1 Å². The van der Waals surface area contributed by atoms with E-state index in [2.05, 4.69) is 5.32 Å². The molecule has 0 radical (unpaired) electrons. The quantitative estimate of drug-likeness (QED) is 0.689. The Morgan fingerprint density at radius 1 is 1.06 bits per heavy atom. The third kappa shape index (κ3) is 1.65. The number of urea groups is 1. The monoisotopic (exact) mass is 240 g/mol. The number of hydrogen-bond donors (Lipinski definition) is 2. The summed E-state index contributed by atoms with van der Waals surface area (Å²) in [5.74, 6) is -0.853. The molecule has 1 aromatic carbocycles. The Hall–Kier alpha value is -1.89. The molecule has 0 aromatic heterocycles. The van der Waals surface area contributed by atoms with Crippen LogP contribution in [0, 0.1) is 0 Å². The van der Waals surface area contributed by atoms with Crippen molar-refractivity contribution in [1.29, 1.82) is 0 Å². The first kappa shape index (κ1) is 10.6. The lowest BCUT2D eigenvalue weighted by Gasteiger charge is -2.08. The smallest absolute Gasteiger partial charge is 0.313 e. The molecule has 2 rings (SSSR count). The molecule has 7 heteroatoms. The van der Waals surface area contributed by atoms with Crippen molar-refractivity contribution >= 4 is 21.8 Å². The van der Waals surface area contributed by atoms with Crippen LogP contribution in [-0.2, 0) is 14.6 Å². The van der Waals surface area contributed by atoms with Crippen LogP contribution in [0.4, 0.5) is 4.79 Å². The summed E-state index contributed by atoms with van der Waals surface area (Å²) in [6, 6.07) is 6.69. The molecule has 1 saturated heterocycles. The number of hydrogen-bond acceptors (Lipinski definition) is 4. The highest BCUT2D eigenvalue weighted by Crippen LogP contribution is 2.16. The molecule has 0 aliphatic carbocycles. The molecule has 1 unspecified atom stereocenters. The Balaban J connectivity index is 2.41. The van der Waals surface area contributed by atoms with Crippen molar-refractivity contribution in [2.24, 2.45) is 0 Å². The Kier molecular flexibility index (Phi) is 2.39. The van der Waals surface area contributed by atoms with Crippen molar-refractivity contribution in [2.45, 2.75) is 10.3 Å². The molecule has 1 heterocycles. The minimum atomic E-state index is -3.86. The number of nitrogens with one attached hydrogen (secondary N) is 2. The number of sulfone groups is 1. The van der Waals surface area contributed by atoms with Gasteiger partial charge in [0.1, 0.15) is 0 Å². The van der Waals surface area contributed by atoms with E-state index in [0.717, 1.165) is 0 Å². The predicted octanol–water partition coefficient (Wildman–Crippen LogP) is -0.374. The summed E-state index contributed by atoms with van der Waals surface area (Å²) in [4.78, 5) is 22.1. The topological polar surface area (TPSA) is 92.3 Å². The summed E-state index contributed by atoms with van der Waals surface area (Å²) in [7, 11) is -3.86. The third-order valence-electron chi connectivity index (χ3n) is 2.12. The molecule has 2 N–H and O–H groups in total. The summed E-state index contributed by atoms with van der Waals surface area (Å²) >= 11 is 0. The van der Waals surface area contributed by atoms with E-state index in [-0.39, 0.29) is 4.90 Å². The number of benzene rings is 1. The van der Waals surface area contributed by atoms with Gasteiger partial charge in [0.05, 0.1) is 4.90 Å². The standard InChI is InChI=1S/C9H8N2O4S/c12-7-8(11-9(13)10-7)16(14,15)6-4-2-1-3-5-6/h1-5,8H,(H2,10,11,12,13). The maximum atomic E-state index is 11.9. The average Bonchev–Trinajstić information content (AvgIpc) is 2.60. The van der Waals surface area contributed by atoms with Gasteiger partial charge in [0.15, 0.2) is 0 Å². The highest BCUT2D eigenvalue weighted by atomic mass is 32.2. The SMILES string of the molecule is O=C1NC(=O)C(S(=O)(=O)c2ccccc2)N1. The summed E-state index contributed by atoms with van der Waals surface area (Å²) in [6.07, 6.45) is 0. The lowest BCUT2D eigenvalue weighted by atomic mass is 10.4. The highest BCUT2D eigenvalue weighted by Gasteiger charge is 2.40. The minimum absolute atomic E-state index is 0.00245. The van der Waals surface area contributed by atoms with Crippen LogP contribution in [0.5, 0.6) is 0 Å². The second kappa shape index (κ2) is 3.60. The van der Waals surface area contributed by atoms with Crippen LogP contribution in [-0.4, -0.2) is 25.7 Å². The largest absolute Gasteiger partial charge is 0.322 e. The van der Waals surface area contributed by atoms with E-state index in [9.17, 15) is 18.0 Å². The molecule has 1 aliphatic heterocycles. The molecule has 1 fully saturated rings. The Morgan fingerprint density at radius 2 is 1.69 bits per heavy atom. The highest BCUT2D eigenvalue weighted by molar-refractivity contribution is 7.92. The fourth-order valence-corrected chi connectivity index (χ4v) is 2.77. The van der Waals surface area contributed by atoms with Gasteiger partial charge in [-0.15, -0.1) is 0 Å². The average molecular weight is 240 g/mol. The summed E-state index contributed by atoms with van der Waals surface area (Å²) in [5.41, 5.74) is 0. The fourth-order valence-electron chi connectivity index (χ4n) is 1.36. The van der Waals surface area contributed by atoms with E-state index in [1.165, 1.54) is 12.1 Å². The fraction of sp³-hybridized carbons (Fsp3) is 0.111. The lowest BCUT2D eigenvalue weighted by Crippen LogP contribution is -2.37. The Morgan fingerprint density at radius 3 is 2.19 bits per heavy atom. The van der Waals surface area contributed by atoms with Crippen molar-refractivity contribution in [3.05, 3.63) is 30.3 Å². The first-order valence-electron chi connectivity index (χ1n) is 4.42. The van der Waals surface area contributed by atoms with E-state index >= 15 is 0 Å². The molecular formula is C9H8N2O4S. The van der Waals surface area contributed by atoms with E-state index in [1.54, 1.807) is 18.2 Å². The second-order valence-corrected chi connectivity index (χ2v) is 5.23. The van der Waals surface area contributed by atoms with E-state index in [4.69, 9.17) is 0 Å².